The molecule has 3 rings (SSSR count). The molecule has 0 aliphatic heterocycles. The standard InChI is InChI=1S/C21H25N5O3/c1-4-10-28-19-9-7-17(13-20(19)29-11-5-2)23-21(27)16-6-8-18(15(3)12-16)26-14-22-24-25-26/h6-9,12-14H,4-5,10-11H2,1-3H3,(H,23,27). The lowest BCUT2D eigenvalue weighted by atomic mass is 10.1. The maximum atomic E-state index is 12.7. The van der Waals surface area contributed by atoms with Crippen molar-refractivity contribution in [2.24, 2.45) is 0 Å². The monoisotopic (exact) mass is 395 g/mol. The molecule has 3 aromatic rings. The number of rotatable bonds is 9. The van der Waals surface area contributed by atoms with Crippen molar-refractivity contribution in [1.82, 2.24) is 20.2 Å². The second kappa shape index (κ2) is 9.68. The van der Waals surface area contributed by atoms with Crippen molar-refractivity contribution in [2.75, 3.05) is 18.5 Å². The summed E-state index contributed by atoms with van der Waals surface area (Å²) in [6, 6.07) is 10.8. The van der Waals surface area contributed by atoms with Crippen LogP contribution in [0, 0.1) is 6.92 Å². The Morgan fingerprint density at radius 2 is 1.79 bits per heavy atom. The van der Waals surface area contributed by atoms with Gasteiger partial charge in [-0.1, -0.05) is 13.8 Å². The van der Waals surface area contributed by atoms with Crippen molar-refractivity contribution in [2.45, 2.75) is 33.6 Å². The number of anilines is 1. The first-order valence-electron chi connectivity index (χ1n) is 9.67. The van der Waals surface area contributed by atoms with Crippen LogP contribution in [-0.2, 0) is 0 Å². The number of aryl methyl sites for hydroxylation is 1. The molecule has 29 heavy (non-hydrogen) atoms. The zero-order valence-electron chi connectivity index (χ0n) is 16.9. The Morgan fingerprint density at radius 1 is 1.03 bits per heavy atom. The topological polar surface area (TPSA) is 91.2 Å². The lowest BCUT2D eigenvalue weighted by Crippen LogP contribution is -2.13. The van der Waals surface area contributed by atoms with Crippen LogP contribution >= 0.6 is 0 Å². The third-order valence-corrected chi connectivity index (χ3v) is 4.18. The average Bonchev–Trinajstić information content (AvgIpc) is 3.26. The minimum atomic E-state index is -0.208. The predicted octanol–water partition coefficient (Wildman–Crippen LogP) is 3.80. The quantitative estimate of drug-likeness (QED) is 0.593. The van der Waals surface area contributed by atoms with Crippen LogP contribution < -0.4 is 14.8 Å². The van der Waals surface area contributed by atoms with E-state index in [-0.39, 0.29) is 5.91 Å². The normalized spacial score (nSPS) is 10.6. The molecule has 2 aromatic carbocycles. The average molecular weight is 395 g/mol. The highest BCUT2D eigenvalue weighted by molar-refractivity contribution is 6.04. The molecule has 0 aliphatic rings. The molecule has 1 N–H and O–H groups in total. The Balaban J connectivity index is 1.76. The summed E-state index contributed by atoms with van der Waals surface area (Å²) in [5.41, 5.74) is 2.90. The highest BCUT2D eigenvalue weighted by Crippen LogP contribution is 2.31. The van der Waals surface area contributed by atoms with Gasteiger partial charge in [0.05, 0.1) is 18.9 Å². The molecular formula is C21H25N5O3. The SMILES string of the molecule is CCCOc1ccc(NC(=O)c2ccc(-n3cnnn3)c(C)c2)cc1OCCC. The van der Waals surface area contributed by atoms with Crippen LogP contribution in [0.4, 0.5) is 5.69 Å². The van der Waals surface area contributed by atoms with Gasteiger partial charge in [0.25, 0.3) is 5.91 Å². The van der Waals surface area contributed by atoms with E-state index in [1.165, 1.54) is 6.33 Å². The van der Waals surface area contributed by atoms with Crippen LogP contribution in [0.2, 0.25) is 0 Å². The molecule has 152 valence electrons. The lowest BCUT2D eigenvalue weighted by Gasteiger charge is -2.14. The minimum absolute atomic E-state index is 0.208. The van der Waals surface area contributed by atoms with Gasteiger partial charge >= 0.3 is 0 Å². The second-order valence-electron chi connectivity index (χ2n) is 6.57. The Morgan fingerprint density at radius 3 is 2.45 bits per heavy atom. The third kappa shape index (κ3) is 5.10. The van der Waals surface area contributed by atoms with Crippen molar-refractivity contribution in [1.29, 1.82) is 0 Å². The molecule has 0 saturated carbocycles. The molecule has 8 heteroatoms. The number of carbonyl (C=O) groups is 1. The molecule has 1 heterocycles. The van der Waals surface area contributed by atoms with E-state index >= 15 is 0 Å². The van der Waals surface area contributed by atoms with Crippen molar-refractivity contribution in [3.63, 3.8) is 0 Å². The zero-order valence-corrected chi connectivity index (χ0v) is 16.9. The number of nitrogens with zero attached hydrogens (tertiary/aromatic N) is 4. The minimum Gasteiger partial charge on any atom is -0.490 e. The van der Waals surface area contributed by atoms with Crippen LogP contribution in [0.15, 0.2) is 42.7 Å². The smallest absolute Gasteiger partial charge is 0.255 e. The van der Waals surface area contributed by atoms with Crippen LogP contribution in [0.1, 0.15) is 42.6 Å². The number of hydrogen-bond donors (Lipinski definition) is 1. The van der Waals surface area contributed by atoms with E-state index in [9.17, 15) is 4.79 Å². The van der Waals surface area contributed by atoms with Crippen molar-refractivity contribution in [3.05, 3.63) is 53.9 Å². The molecule has 0 fully saturated rings. The summed E-state index contributed by atoms with van der Waals surface area (Å²) in [6.07, 6.45) is 3.31. The Bertz CT molecular complexity index is 957. The molecule has 0 unspecified atom stereocenters. The van der Waals surface area contributed by atoms with Gasteiger partial charge in [-0.3, -0.25) is 4.79 Å². The number of nitrogens with one attached hydrogen (secondary N) is 1. The molecule has 0 atom stereocenters. The van der Waals surface area contributed by atoms with Gasteiger partial charge in [0, 0.05) is 17.3 Å². The van der Waals surface area contributed by atoms with Crippen LogP contribution in [0.3, 0.4) is 0 Å². The number of tetrazole rings is 1. The second-order valence-corrected chi connectivity index (χ2v) is 6.57. The van der Waals surface area contributed by atoms with Gasteiger partial charge in [-0.25, -0.2) is 4.68 Å². The summed E-state index contributed by atoms with van der Waals surface area (Å²) in [5, 5.41) is 14.1. The third-order valence-electron chi connectivity index (χ3n) is 4.18. The fraction of sp³-hybridized carbons (Fsp3) is 0.333. The van der Waals surface area contributed by atoms with Gasteiger partial charge in [-0.05, 0) is 66.1 Å². The van der Waals surface area contributed by atoms with E-state index in [0.717, 1.165) is 24.1 Å². The molecule has 0 spiro atoms. The van der Waals surface area contributed by atoms with Gasteiger partial charge in [-0.2, -0.15) is 0 Å². The van der Waals surface area contributed by atoms with E-state index in [1.807, 2.05) is 39.0 Å². The number of aromatic nitrogens is 4. The van der Waals surface area contributed by atoms with Crippen molar-refractivity contribution in [3.8, 4) is 17.2 Å². The van der Waals surface area contributed by atoms with E-state index < -0.39 is 0 Å². The number of amides is 1. The highest BCUT2D eigenvalue weighted by atomic mass is 16.5. The van der Waals surface area contributed by atoms with E-state index in [4.69, 9.17) is 9.47 Å². The summed E-state index contributed by atoms with van der Waals surface area (Å²) < 4.78 is 13.1. The number of carbonyl (C=O) groups excluding carboxylic acids is 1. The van der Waals surface area contributed by atoms with Gasteiger partial charge in [-0.15, -0.1) is 5.10 Å². The molecule has 1 aromatic heterocycles. The van der Waals surface area contributed by atoms with E-state index in [2.05, 4.69) is 20.8 Å². The van der Waals surface area contributed by atoms with Crippen molar-refractivity contribution < 1.29 is 14.3 Å². The zero-order chi connectivity index (χ0) is 20.6. The maximum absolute atomic E-state index is 12.7. The maximum Gasteiger partial charge on any atom is 0.255 e. The van der Waals surface area contributed by atoms with Gasteiger partial charge in [0.1, 0.15) is 6.33 Å². The summed E-state index contributed by atoms with van der Waals surface area (Å²) in [4.78, 5) is 12.7. The molecule has 1 amide bonds. The van der Waals surface area contributed by atoms with E-state index in [0.29, 0.717) is 36.0 Å². The van der Waals surface area contributed by atoms with Crippen LogP contribution in [0.25, 0.3) is 5.69 Å². The summed E-state index contributed by atoms with van der Waals surface area (Å²) in [6.45, 7) is 7.19. The first-order valence-corrected chi connectivity index (χ1v) is 9.67. The first-order chi connectivity index (χ1) is 14.1. The Kier molecular flexibility index (Phi) is 6.78. The molecule has 0 radical (unpaired) electrons. The summed E-state index contributed by atoms with van der Waals surface area (Å²) >= 11 is 0. The van der Waals surface area contributed by atoms with E-state index in [1.54, 1.807) is 22.9 Å². The van der Waals surface area contributed by atoms with Gasteiger partial charge < -0.3 is 14.8 Å². The molecule has 0 aliphatic carbocycles. The Labute approximate surface area is 169 Å². The van der Waals surface area contributed by atoms with Crippen LogP contribution in [-0.4, -0.2) is 39.3 Å². The van der Waals surface area contributed by atoms with Crippen molar-refractivity contribution >= 4 is 11.6 Å². The highest BCUT2D eigenvalue weighted by Gasteiger charge is 2.12. The largest absolute Gasteiger partial charge is 0.490 e. The lowest BCUT2D eigenvalue weighted by molar-refractivity contribution is 0.102. The fourth-order valence-corrected chi connectivity index (χ4v) is 2.77. The summed E-state index contributed by atoms with van der Waals surface area (Å²) in [7, 11) is 0. The van der Waals surface area contributed by atoms with Gasteiger partial charge in [0.2, 0.25) is 0 Å². The molecular weight excluding hydrogens is 370 g/mol. The number of hydrogen-bond acceptors (Lipinski definition) is 6. The molecule has 0 bridgehead atoms. The fourth-order valence-electron chi connectivity index (χ4n) is 2.77. The first kappa shape index (κ1) is 20.3. The number of benzene rings is 2. The molecule has 0 saturated heterocycles. The predicted molar refractivity (Wildman–Crippen MR) is 110 cm³/mol. The van der Waals surface area contributed by atoms with Gasteiger partial charge in [0.15, 0.2) is 11.5 Å². The summed E-state index contributed by atoms with van der Waals surface area (Å²) in [5.74, 6) is 1.10. The Hall–Kier alpha value is -3.42. The van der Waals surface area contributed by atoms with Crippen LogP contribution in [0.5, 0.6) is 11.5 Å². The number of ether oxygens (including phenoxy) is 2. The molecule has 8 nitrogen and oxygen atoms in total.